The van der Waals surface area contributed by atoms with Gasteiger partial charge in [-0.3, -0.25) is 0 Å². The number of methoxy groups -OCH3 is 1. The highest BCUT2D eigenvalue weighted by Gasteiger charge is 2.32. The van der Waals surface area contributed by atoms with Crippen LogP contribution in [-0.4, -0.2) is 48.8 Å². The van der Waals surface area contributed by atoms with E-state index in [1.165, 1.54) is 7.11 Å². The molecule has 1 saturated heterocycles. The van der Waals surface area contributed by atoms with Crippen molar-refractivity contribution in [2.24, 2.45) is 0 Å². The molecular weight excluding hydrogens is 258 g/mol. The number of aromatic nitrogens is 2. The Morgan fingerprint density at radius 2 is 2.30 bits per heavy atom. The largest absolute Gasteiger partial charge is 0.467 e. The molecule has 20 heavy (non-hydrogen) atoms. The quantitative estimate of drug-likeness (QED) is 0.761. The molecule has 1 aromatic carbocycles. The predicted octanol–water partition coefficient (Wildman–Crippen LogP) is 1.01. The van der Waals surface area contributed by atoms with E-state index in [4.69, 9.17) is 9.47 Å². The second-order valence-electron chi connectivity index (χ2n) is 4.54. The van der Waals surface area contributed by atoms with Crippen LogP contribution in [0.3, 0.4) is 0 Å². The van der Waals surface area contributed by atoms with Crippen molar-refractivity contribution in [3.05, 3.63) is 30.5 Å². The number of anilines is 1. The summed E-state index contributed by atoms with van der Waals surface area (Å²) in [6.45, 7) is 1.41. The first kappa shape index (κ1) is 12.8. The number of carbonyl (C=O) groups excluding carboxylic acids is 1. The Bertz CT molecular complexity index is 632. The molecule has 1 atom stereocenters. The molecular formula is C14H15N3O3. The summed E-state index contributed by atoms with van der Waals surface area (Å²) in [5.74, 6) is 0.198. The number of benzene rings is 1. The lowest BCUT2D eigenvalue weighted by Gasteiger charge is -2.33. The molecule has 1 aliphatic heterocycles. The van der Waals surface area contributed by atoms with Crippen molar-refractivity contribution in [2.45, 2.75) is 6.04 Å². The van der Waals surface area contributed by atoms with Gasteiger partial charge in [-0.2, -0.15) is 0 Å². The van der Waals surface area contributed by atoms with Crippen molar-refractivity contribution >= 4 is 22.8 Å². The van der Waals surface area contributed by atoms with Gasteiger partial charge in [-0.05, 0) is 6.07 Å². The molecule has 0 radical (unpaired) electrons. The Labute approximate surface area is 116 Å². The van der Waals surface area contributed by atoms with Crippen LogP contribution in [0.15, 0.2) is 30.5 Å². The molecule has 0 saturated carbocycles. The Balaban J connectivity index is 1.96. The summed E-state index contributed by atoms with van der Waals surface area (Å²) in [5.41, 5.74) is 0.854. The number of para-hydroxylation sites is 1. The van der Waals surface area contributed by atoms with E-state index in [9.17, 15) is 4.79 Å². The number of esters is 1. The number of hydrogen-bond acceptors (Lipinski definition) is 6. The van der Waals surface area contributed by atoms with Gasteiger partial charge < -0.3 is 14.4 Å². The van der Waals surface area contributed by atoms with Gasteiger partial charge in [0.05, 0.1) is 25.8 Å². The van der Waals surface area contributed by atoms with Crippen molar-refractivity contribution in [1.29, 1.82) is 0 Å². The van der Waals surface area contributed by atoms with Crippen molar-refractivity contribution < 1.29 is 14.3 Å². The molecule has 0 spiro atoms. The van der Waals surface area contributed by atoms with Gasteiger partial charge in [-0.15, -0.1) is 0 Å². The minimum atomic E-state index is -0.491. The van der Waals surface area contributed by atoms with Gasteiger partial charge in [0.15, 0.2) is 6.04 Å². The van der Waals surface area contributed by atoms with E-state index in [2.05, 4.69) is 9.97 Å². The van der Waals surface area contributed by atoms with Gasteiger partial charge in [0.2, 0.25) is 5.95 Å². The molecule has 0 bridgehead atoms. The third kappa shape index (κ3) is 2.30. The van der Waals surface area contributed by atoms with Crippen LogP contribution in [0.25, 0.3) is 10.9 Å². The minimum Gasteiger partial charge on any atom is -0.467 e. The lowest BCUT2D eigenvalue weighted by Crippen LogP contribution is -2.51. The van der Waals surface area contributed by atoms with Crippen LogP contribution < -0.4 is 4.90 Å². The van der Waals surface area contributed by atoms with E-state index in [-0.39, 0.29) is 5.97 Å². The molecule has 0 amide bonds. The summed E-state index contributed by atoms with van der Waals surface area (Å²) >= 11 is 0. The zero-order chi connectivity index (χ0) is 13.9. The molecule has 0 N–H and O–H groups in total. The topological polar surface area (TPSA) is 64.6 Å². The molecule has 0 aliphatic carbocycles. The van der Waals surface area contributed by atoms with Crippen LogP contribution in [0, 0.1) is 0 Å². The van der Waals surface area contributed by atoms with E-state index in [0.717, 1.165) is 10.9 Å². The smallest absolute Gasteiger partial charge is 0.331 e. The van der Waals surface area contributed by atoms with Gasteiger partial charge >= 0.3 is 5.97 Å². The second-order valence-corrected chi connectivity index (χ2v) is 4.54. The SMILES string of the molecule is COC(=O)C1COCCN1c1ncc2ccccc2n1. The third-order valence-corrected chi connectivity index (χ3v) is 3.33. The van der Waals surface area contributed by atoms with Crippen molar-refractivity contribution in [3.8, 4) is 0 Å². The number of nitrogens with zero attached hydrogens (tertiary/aromatic N) is 3. The Kier molecular flexibility index (Phi) is 3.47. The summed E-state index contributed by atoms with van der Waals surface area (Å²) in [7, 11) is 1.37. The molecule has 1 aliphatic rings. The molecule has 1 unspecified atom stereocenters. The normalized spacial score (nSPS) is 19.1. The molecule has 6 heteroatoms. The lowest BCUT2D eigenvalue weighted by molar-refractivity contribution is -0.144. The van der Waals surface area contributed by atoms with E-state index in [0.29, 0.717) is 25.7 Å². The van der Waals surface area contributed by atoms with Crippen LogP contribution in [-0.2, 0) is 14.3 Å². The molecule has 6 nitrogen and oxygen atoms in total. The fourth-order valence-corrected chi connectivity index (χ4v) is 2.28. The van der Waals surface area contributed by atoms with Gasteiger partial charge in [0.25, 0.3) is 0 Å². The summed E-state index contributed by atoms with van der Waals surface area (Å²) in [6, 6.07) is 7.26. The monoisotopic (exact) mass is 273 g/mol. The first-order valence-electron chi connectivity index (χ1n) is 6.43. The first-order valence-corrected chi connectivity index (χ1v) is 6.43. The molecule has 104 valence electrons. The number of rotatable bonds is 2. The van der Waals surface area contributed by atoms with E-state index in [1.807, 2.05) is 29.2 Å². The number of hydrogen-bond donors (Lipinski definition) is 0. The maximum absolute atomic E-state index is 11.8. The Hall–Kier alpha value is -2.21. The number of carbonyl (C=O) groups is 1. The van der Waals surface area contributed by atoms with Crippen LogP contribution in [0.5, 0.6) is 0 Å². The second kappa shape index (κ2) is 5.42. The van der Waals surface area contributed by atoms with Crippen LogP contribution in [0.1, 0.15) is 0 Å². The summed E-state index contributed by atoms with van der Waals surface area (Å²) in [4.78, 5) is 22.5. The Morgan fingerprint density at radius 1 is 1.45 bits per heavy atom. The maximum atomic E-state index is 11.8. The standard InChI is InChI=1S/C14H15N3O3/c1-19-13(18)12-9-20-7-6-17(12)14-15-8-10-4-2-3-5-11(10)16-14/h2-5,8,12H,6-7,9H2,1H3. The third-order valence-electron chi connectivity index (χ3n) is 3.33. The van der Waals surface area contributed by atoms with E-state index >= 15 is 0 Å². The molecule has 1 aromatic heterocycles. The van der Waals surface area contributed by atoms with Gasteiger partial charge in [0, 0.05) is 18.1 Å². The molecule has 2 heterocycles. The van der Waals surface area contributed by atoms with Crippen molar-refractivity contribution in [1.82, 2.24) is 9.97 Å². The summed E-state index contributed by atoms with van der Waals surface area (Å²) in [5, 5.41) is 0.971. The fraction of sp³-hybridized carbons (Fsp3) is 0.357. The highest BCUT2D eigenvalue weighted by molar-refractivity contribution is 5.81. The highest BCUT2D eigenvalue weighted by atomic mass is 16.5. The summed E-state index contributed by atoms with van der Waals surface area (Å²) < 4.78 is 10.2. The molecule has 3 rings (SSSR count). The Morgan fingerprint density at radius 3 is 3.15 bits per heavy atom. The fourth-order valence-electron chi connectivity index (χ4n) is 2.28. The first-order chi connectivity index (χ1) is 9.79. The average Bonchev–Trinajstić information content (AvgIpc) is 2.53. The summed E-state index contributed by atoms with van der Waals surface area (Å²) in [6.07, 6.45) is 1.77. The van der Waals surface area contributed by atoms with Crippen molar-refractivity contribution in [3.63, 3.8) is 0 Å². The van der Waals surface area contributed by atoms with Gasteiger partial charge in [-0.1, -0.05) is 18.2 Å². The zero-order valence-electron chi connectivity index (χ0n) is 11.2. The molecule has 2 aromatic rings. The lowest BCUT2D eigenvalue weighted by atomic mass is 10.2. The van der Waals surface area contributed by atoms with Crippen LogP contribution in [0.4, 0.5) is 5.95 Å². The minimum absolute atomic E-state index is 0.295. The number of fused-ring (bicyclic) bond motifs is 1. The average molecular weight is 273 g/mol. The number of ether oxygens (including phenoxy) is 2. The molecule has 1 fully saturated rings. The van der Waals surface area contributed by atoms with E-state index in [1.54, 1.807) is 6.20 Å². The van der Waals surface area contributed by atoms with Gasteiger partial charge in [0.1, 0.15) is 0 Å². The van der Waals surface area contributed by atoms with Crippen LogP contribution in [0.2, 0.25) is 0 Å². The van der Waals surface area contributed by atoms with Crippen molar-refractivity contribution in [2.75, 3.05) is 31.8 Å². The number of morpholine rings is 1. The highest BCUT2D eigenvalue weighted by Crippen LogP contribution is 2.19. The predicted molar refractivity (Wildman–Crippen MR) is 73.5 cm³/mol. The van der Waals surface area contributed by atoms with Crippen LogP contribution >= 0.6 is 0 Å². The van der Waals surface area contributed by atoms with E-state index < -0.39 is 6.04 Å². The zero-order valence-corrected chi connectivity index (χ0v) is 11.2. The van der Waals surface area contributed by atoms with Gasteiger partial charge in [-0.25, -0.2) is 14.8 Å². The maximum Gasteiger partial charge on any atom is 0.331 e.